The molecule has 3 aromatic rings. The quantitative estimate of drug-likeness (QED) is 0.339. The smallest absolute Gasteiger partial charge is 0.246 e. The molecule has 2 fully saturated rings. The van der Waals surface area contributed by atoms with E-state index in [9.17, 15) is 10.1 Å². The van der Waals surface area contributed by atoms with Crippen molar-refractivity contribution in [1.82, 2.24) is 14.8 Å². The van der Waals surface area contributed by atoms with Crippen LogP contribution >= 0.6 is 0 Å². The Bertz CT molecular complexity index is 1580. The van der Waals surface area contributed by atoms with Crippen LogP contribution in [0.15, 0.2) is 49.1 Å². The number of amides is 1. The fourth-order valence-corrected chi connectivity index (χ4v) is 7.47. The van der Waals surface area contributed by atoms with Crippen LogP contribution in [0, 0.1) is 18.3 Å². The number of aromatic nitrogens is 1. The van der Waals surface area contributed by atoms with Crippen LogP contribution in [0.4, 0.5) is 11.4 Å². The van der Waals surface area contributed by atoms with Gasteiger partial charge in [0.25, 0.3) is 0 Å². The van der Waals surface area contributed by atoms with Crippen LogP contribution in [0.2, 0.25) is 0 Å². The van der Waals surface area contributed by atoms with Gasteiger partial charge in [-0.15, -0.1) is 0 Å². The van der Waals surface area contributed by atoms with E-state index in [1.807, 2.05) is 4.90 Å². The van der Waals surface area contributed by atoms with Crippen LogP contribution in [0.1, 0.15) is 56.5 Å². The number of nitriles is 1. The summed E-state index contributed by atoms with van der Waals surface area (Å²) in [6.45, 7) is 14.3. The van der Waals surface area contributed by atoms with Crippen LogP contribution in [-0.2, 0) is 17.8 Å². The number of anilines is 2. The predicted molar refractivity (Wildman–Crippen MR) is 178 cm³/mol. The Kier molecular flexibility index (Phi) is 9.17. The molecule has 0 unspecified atom stereocenters. The van der Waals surface area contributed by atoms with Gasteiger partial charge in [0.15, 0.2) is 0 Å². The first-order valence-corrected chi connectivity index (χ1v) is 15.5. The van der Waals surface area contributed by atoms with Crippen molar-refractivity contribution in [2.45, 2.75) is 72.1 Å². The molecule has 0 aliphatic carbocycles. The van der Waals surface area contributed by atoms with Gasteiger partial charge in [0, 0.05) is 54.4 Å². The van der Waals surface area contributed by atoms with Gasteiger partial charge in [0.05, 0.1) is 17.9 Å². The Morgan fingerprint density at radius 1 is 1.14 bits per heavy atom. The van der Waals surface area contributed by atoms with E-state index in [1.165, 1.54) is 28.1 Å². The van der Waals surface area contributed by atoms with E-state index in [4.69, 9.17) is 9.72 Å². The number of hydrogen-bond donors (Lipinski definition) is 0. The van der Waals surface area contributed by atoms with Crippen molar-refractivity contribution in [2.75, 3.05) is 49.6 Å². The lowest BCUT2D eigenvalue weighted by atomic mass is 9.95. The highest BCUT2D eigenvalue weighted by Gasteiger charge is 2.36. The van der Waals surface area contributed by atoms with E-state index < -0.39 is 0 Å². The minimum Gasteiger partial charge on any atom is -0.475 e. The Balaban J connectivity index is 0.00000384. The molecule has 8 heteroatoms. The van der Waals surface area contributed by atoms with E-state index in [0.29, 0.717) is 43.7 Å². The third kappa shape index (κ3) is 5.61. The van der Waals surface area contributed by atoms with E-state index in [0.717, 1.165) is 49.3 Å². The van der Waals surface area contributed by atoms with Gasteiger partial charge < -0.3 is 24.3 Å². The number of hydrogen-bond acceptors (Lipinski definition) is 7. The molecule has 0 bridgehead atoms. The number of carbonyl (C=O) groups excluding carboxylic acids is 1. The zero-order chi connectivity index (χ0) is 30.2. The van der Waals surface area contributed by atoms with E-state index in [1.54, 1.807) is 0 Å². The van der Waals surface area contributed by atoms with Gasteiger partial charge in [0.2, 0.25) is 11.8 Å². The topological polar surface area (TPSA) is 75.9 Å². The van der Waals surface area contributed by atoms with Gasteiger partial charge in [-0.2, -0.15) is 5.26 Å². The van der Waals surface area contributed by atoms with Crippen molar-refractivity contribution in [3.63, 3.8) is 0 Å². The molecule has 4 heterocycles. The molecular weight excluding hydrogens is 548 g/mol. The number of likely N-dealkylation sites (tertiary alicyclic amines) is 1. The van der Waals surface area contributed by atoms with Crippen molar-refractivity contribution >= 4 is 28.1 Å². The number of nitrogens with zero attached hydrogens (tertiary/aromatic N) is 6. The Hall–Kier alpha value is -4.09. The molecule has 2 saturated heterocycles. The Morgan fingerprint density at radius 3 is 2.52 bits per heavy atom. The SMILES string of the molecule is C.C=CC(=O)N1[C@H](C)CN(c2c(C#N)c(OC[C@@H]3CCCN3C)nc3c2CCN(c2cccc4cccc(C)c24)C3)C[C@@H]1C. The fraction of sp³-hybridized carbons (Fsp3) is 0.472. The second kappa shape index (κ2) is 12.9. The van der Waals surface area contributed by atoms with Gasteiger partial charge in [0.1, 0.15) is 18.2 Å². The maximum absolute atomic E-state index is 12.7. The first-order chi connectivity index (χ1) is 20.8. The average Bonchev–Trinajstić information content (AvgIpc) is 3.42. The van der Waals surface area contributed by atoms with Crippen LogP contribution in [-0.4, -0.2) is 78.7 Å². The molecule has 2 aromatic carbocycles. The number of ether oxygens (including phenoxy) is 1. The van der Waals surface area contributed by atoms with Gasteiger partial charge in [-0.05, 0) is 76.7 Å². The number of benzene rings is 2. The Labute approximate surface area is 262 Å². The van der Waals surface area contributed by atoms with Crippen LogP contribution < -0.4 is 14.5 Å². The molecule has 1 aromatic heterocycles. The minimum absolute atomic E-state index is 0. The first kappa shape index (κ1) is 31.3. The average molecular weight is 595 g/mol. The summed E-state index contributed by atoms with van der Waals surface area (Å²) in [6, 6.07) is 15.7. The number of carbonyl (C=O) groups is 1. The molecule has 3 aliphatic rings. The summed E-state index contributed by atoms with van der Waals surface area (Å²) in [6.07, 6.45) is 4.40. The van der Waals surface area contributed by atoms with Gasteiger partial charge in [-0.1, -0.05) is 44.3 Å². The number of rotatable bonds is 6. The van der Waals surface area contributed by atoms with E-state index in [-0.39, 0.29) is 25.4 Å². The zero-order valence-electron chi connectivity index (χ0n) is 25.8. The fourth-order valence-electron chi connectivity index (χ4n) is 7.47. The van der Waals surface area contributed by atoms with Crippen LogP contribution in [0.25, 0.3) is 10.8 Å². The summed E-state index contributed by atoms with van der Waals surface area (Å²) >= 11 is 0. The van der Waals surface area contributed by atoms with Crippen molar-refractivity contribution in [3.05, 3.63) is 71.4 Å². The molecule has 1 amide bonds. The van der Waals surface area contributed by atoms with Crippen LogP contribution in [0.3, 0.4) is 0 Å². The molecule has 8 nitrogen and oxygen atoms in total. The number of aryl methyl sites for hydroxylation is 1. The summed E-state index contributed by atoms with van der Waals surface area (Å²) in [5.41, 5.74) is 6.00. The van der Waals surface area contributed by atoms with Crippen molar-refractivity contribution in [2.24, 2.45) is 0 Å². The summed E-state index contributed by atoms with van der Waals surface area (Å²) in [5, 5.41) is 13.1. The molecule has 6 rings (SSSR count). The Morgan fingerprint density at radius 2 is 1.86 bits per heavy atom. The van der Waals surface area contributed by atoms with E-state index >= 15 is 0 Å². The molecular formula is C36H46N6O2. The predicted octanol–water partition coefficient (Wildman–Crippen LogP) is 5.70. The normalized spacial score (nSPS) is 21.9. The van der Waals surface area contributed by atoms with Crippen molar-refractivity contribution in [3.8, 4) is 11.9 Å². The number of fused-ring (bicyclic) bond motifs is 2. The largest absolute Gasteiger partial charge is 0.475 e. The van der Waals surface area contributed by atoms with Crippen molar-refractivity contribution in [1.29, 1.82) is 5.26 Å². The second-order valence-corrected chi connectivity index (χ2v) is 12.4. The summed E-state index contributed by atoms with van der Waals surface area (Å²) in [5.74, 6) is 0.375. The maximum Gasteiger partial charge on any atom is 0.246 e. The summed E-state index contributed by atoms with van der Waals surface area (Å²) < 4.78 is 6.44. The molecule has 3 atom stereocenters. The highest BCUT2D eigenvalue weighted by Crippen LogP contribution is 2.40. The summed E-state index contributed by atoms with van der Waals surface area (Å²) in [4.78, 5) is 26.7. The van der Waals surface area contributed by atoms with E-state index in [2.05, 4.69) is 91.6 Å². The molecule has 44 heavy (non-hydrogen) atoms. The highest BCUT2D eigenvalue weighted by atomic mass is 16.5. The third-order valence-corrected chi connectivity index (χ3v) is 9.59. The number of piperazine rings is 1. The second-order valence-electron chi connectivity index (χ2n) is 12.4. The minimum atomic E-state index is -0.0531. The molecule has 232 valence electrons. The summed E-state index contributed by atoms with van der Waals surface area (Å²) in [7, 11) is 2.13. The molecule has 0 N–H and O–H groups in total. The molecule has 0 spiro atoms. The van der Waals surface area contributed by atoms with Crippen LogP contribution in [0.5, 0.6) is 5.88 Å². The lowest BCUT2D eigenvalue weighted by molar-refractivity contribution is -0.130. The van der Waals surface area contributed by atoms with Gasteiger partial charge in [-0.3, -0.25) is 4.79 Å². The molecule has 0 saturated carbocycles. The molecule has 3 aliphatic heterocycles. The zero-order valence-corrected chi connectivity index (χ0v) is 25.8. The van der Waals surface area contributed by atoms with Gasteiger partial charge >= 0.3 is 0 Å². The number of pyridine rings is 1. The van der Waals surface area contributed by atoms with Crippen molar-refractivity contribution < 1.29 is 9.53 Å². The highest BCUT2D eigenvalue weighted by molar-refractivity contribution is 5.97. The maximum atomic E-state index is 12.7. The lowest BCUT2D eigenvalue weighted by Gasteiger charge is -2.46. The standard InChI is InChI=1S/C35H42N6O2.CH4/c1-6-32(42)41-24(3)19-40(20-25(41)4)34-28-15-17-39(31-14-8-12-26-11-7-10-23(2)33(26)31)21-30(28)37-35(29(34)18-36)43-22-27-13-9-16-38(27)5;/h6-8,10-12,14,24-25,27H,1,9,13,15-17,19-22H2,2-5H3;1H4/t24-,25+,27-;/m0./s1. The third-order valence-electron chi connectivity index (χ3n) is 9.59. The molecule has 0 radical (unpaired) electrons. The first-order valence-electron chi connectivity index (χ1n) is 15.5. The lowest BCUT2D eigenvalue weighted by Crippen LogP contribution is -2.58. The monoisotopic (exact) mass is 594 g/mol. The number of likely N-dealkylation sites (N-methyl/N-ethyl adjacent to an activating group) is 1. The van der Waals surface area contributed by atoms with Gasteiger partial charge in [-0.25, -0.2) is 4.98 Å².